The van der Waals surface area contributed by atoms with Gasteiger partial charge in [0.2, 0.25) is 0 Å². The normalized spacial score (nSPS) is 12.1. The van der Waals surface area contributed by atoms with Crippen molar-refractivity contribution in [1.29, 1.82) is 0 Å². The highest BCUT2D eigenvalue weighted by Crippen LogP contribution is 2.22. The lowest BCUT2D eigenvalue weighted by Crippen LogP contribution is -1.87. The second-order valence-corrected chi connectivity index (χ2v) is 3.84. The van der Waals surface area contributed by atoms with E-state index in [0.29, 0.717) is 11.7 Å². The molecule has 0 aliphatic heterocycles. The van der Waals surface area contributed by atoms with Crippen LogP contribution < -0.4 is 0 Å². The summed E-state index contributed by atoms with van der Waals surface area (Å²) in [6.07, 6.45) is 3.30. The quantitative estimate of drug-likeness (QED) is 0.767. The Morgan fingerprint density at radius 1 is 1.29 bits per heavy atom. The van der Waals surface area contributed by atoms with Crippen LogP contribution in [0.25, 0.3) is 5.57 Å². The zero-order chi connectivity index (χ0) is 10.6. The Morgan fingerprint density at radius 3 is 2.29 bits per heavy atom. The first-order valence-corrected chi connectivity index (χ1v) is 5.13. The monoisotopic (exact) mass is 190 g/mol. The maximum atomic E-state index is 9.17. The molecule has 1 nitrogen and oxygen atoms in total. The van der Waals surface area contributed by atoms with Gasteiger partial charge in [0.05, 0.1) is 0 Å². The molecule has 0 atom stereocenters. The number of phenols is 1. The lowest BCUT2D eigenvalue weighted by molar-refractivity contribution is 0.475. The largest absolute Gasteiger partial charge is 0.508 e. The van der Waals surface area contributed by atoms with E-state index in [1.165, 1.54) is 11.1 Å². The average molecular weight is 190 g/mol. The Labute approximate surface area is 86.1 Å². The molecule has 0 aliphatic carbocycles. The molecule has 1 rings (SSSR count). The number of hydrogen-bond acceptors (Lipinski definition) is 1. The van der Waals surface area contributed by atoms with Crippen molar-refractivity contribution >= 4 is 5.57 Å². The molecule has 76 valence electrons. The molecule has 0 amide bonds. The van der Waals surface area contributed by atoms with Crippen LogP contribution in [0, 0.1) is 5.92 Å². The van der Waals surface area contributed by atoms with Gasteiger partial charge in [0.15, 0.2) is 0 Å². The molecule has 0 aliphatic rings. The van der Waals surface area contributed by atoms with E-state index in [2.05, 4.69) is 26.8 Å². The number of allylic oxidation sites excluding steroid dienone is 2. The molecule has 0 unspecified atom stereocenters. The van der Waals surface area contributed by atoms with E-state index in [-0.39, 0.29) is 0 Å². The first kappa shape index (κ1) is 10.8. The number of benzene rings is 1. The summed E-state index contributed by atoms with van der Waals surface area (Å²) in [4.78, 5) is 0. The zero-order valence-corrected chi connectivity index (χ0v) is 9.12. The van der Waals surface area contributed by atoms with E-state index in [9.17, 15) is 5.11 Å². The zero-order valence-electron chi connectivity index (χ0n) is 9.12. The van der Waals surface area contributed by atoms with Crippen LogP contribution in [0.5, 0.6) is 5.75 Å². The van der Waals surface area contributed by atoms with Crippen LogP contribution in [0.1, 0.15) is 32.8 Å². The van der Waals surface area contributed by atoms with E-state index in [1.54, 1.807) is 12.1 Å². The van der Waals surface area contributed by atoms with Crippen molar-refractivity contribution < 1.29 is 5.11 Å². The molecule has 0 saturated carbocycles. The summed E-state index contributed by atoms with van der Waals surface area (Å²) in [5, 5.41) is 9.17. The van der Waals surface area contributed by atoms with E-state index in [4.69, 9.17) is 0 Å². The maximum Gasteiger partial charge on any atom is 0.115 e. The van der Waals surface area contributed by atoms with Crippen LogP contribution in [0.4, 0.5) is 0 Å². The molecule has 1 heteroatoms. The molecule has 0 spiro atoms. The molecule has 0 aromatic heterocycles. The van der Waals surface area contributed by atoms with Gasteiger partial charge in [-0.15, -0.1) is 0 Å². The minimum Gasteiger partial charge on any atom is -0.508 e. The number of hydrogen-bond donors (Lipinski definition) is 1. The molecule has 14 heavy (non-hydrogen) atoms. The SMILES string of the molecule is CCC(=CC(C)C)c1ccc(O)cc1. The van der Waals surface area contributed by atoms with Gasteiger partial charge >= 0.3 is 0 Å². The van der Waals surface area contributed by atoms with Gasteiger partial charge in [-0.2, -0.15) is 0 Å². The summed E-state index contributed by atoms with van der Waals surface area (Å²) in [6, 6.07) is 7.40. The highest BCUT2D eigenvalue weighted by atomic mass is 16.3. The molecular weight excluding hydrogens is 172 g/mol. The van der Waals surface area contributed by atoms with Crippen molar-refractivity contribution in [1.82, 2.24) is 0 Å². The van der Waals surface area contributed by atoms with Crippen molar-refractivity contribution in [3.05, 3.63) is 35.9 Å². The number of rotatable bonds is 3. The summed E-state index contributed by atoms with van der Waals surface area (Å²) in [5.74, 6) is 0.896. The fraction of sp³-hybridized carbons (Fsp3) is 0.385. The second-order valence-electron chi connectivity index (χ2n) is 3.84. The smallest absolute Gasteiger partial charge is 0.115 e. The molecule has 0 fully saturated rings. The van der Waals surface area contributed by atoms with Crippen molar-refractivity contribution in [3.63, 3.8) is 0 Å². The summed E-state index contributed by atoms with van der Waals surface area (Å²) < 4.78 is 0. The summed E-state index contributed by atoms with van der Waals surface area (Å²) in [6.45, 7) is 6.51. The van der Waals surface area contributed by atoms with E-state index in [0.717, 1.165) is 6.42 Å². The van der Waals surface area contributed by atoms with Gasteiger partial charge in [-0.3, -0.25) is 0 Å². The summed E-state index contributed by atoms with van der Waals surface area (Å²) in [7, 11) is 0. The third-order valence-corrected chi connectivity index (χ3v) is 2.15. The third-order valence-electron chi connectivity index (χ3n) is 2.15. The highest BCUT2D eigenvalue weighted by Gasteiger charge is 2.00. The predicted octanol–water partition coefficient (Wildman–Crippen LogP) is 3.84. The number of aromatic hydroxyl groups is 1. The van der Waals surface area contributed by atoms with Gasteiger partial charge in [0.25, 0.3) is 0 Å². The third kappa shape index (κ3) is 2.91. The molecule has 1 aromatic rings. The van der Waals surface area contributed by atoms with Crippen LogP contribution in [-0.4, -0.2) is 5.11 Å². The minimum absolute atomic E-state index is 0.328. The van der Waals surface area contributed by atoms with Gasteiger partial charge in [0.1, 0.15) is 5.75 Å². The highest BCUT2D eigenvalue weighted by molar-refractivity contribution is 5.65. The molecular formula is C13H18O. The van der Waals surface area contributed by atoms with E-state index < -0.39 is 0 Å². The minimum atomic E-state index is 0.328. The van der Waals surface area contributed by atoms with Crippen molar-refractivity contribution in [3.8, 4) is 5.75 Å². The molecule has 0 saturated heterocycles. The number of phenolic OH excluding ortho intramolecular Hbond substituents is 1. The summed E-state index contributed by atoms with van der Waals surface area (Å²) >= 11 is 0. The average Bonchev–Trinajstić information content (AvgIpc) is 2.15. The van der Waals surface area contributed by atoms with Crippen LogP contribution in [-0.2, 0) is 0 Å². The van der Waals surface area contributed by atoms with Crippen LogP contribution >= 0.6 is 0 Å². The van der Waals surface area contributed by atoms with Crippen LogP contribution in [0.15, 0.2) is 30.3 Å². The fourth-order valence-electron chi connectivity index (χ4n) is 1.50. The van der Waals surface area contributed by atoms with E-state index >= 15 is 0 Å². The molecule has 0 radical (unpaired) electrons. The van der Waals surface area contributed by atoms with Gasteiger partial charge in [0, 0.05) is 0 Å². The Balaban J connectivity index is 2.95. The van der Waals surface area contributed by atoms with Crippen molar-refractivity contribution in [2.45, 2.75) is 27.2 Å². The fourth-order valence-corrected chi connectivity index (χ4v) is 1.50. The van der Waals surface area contributed by atoms with Crippen LogP contribution in [0.2, 0.25) is 0 Å². The molecule has 1 N–H and O–H groups in total. The standard InChI is InChI=1S/C13H18O/c1-4-11(9-10(2)3)12-5-7-13(14)8-6-12/h5-10,14H,4H2,1-3H3. The molecule has 1 aromatic carbocycles. The Morgan fingerprint density at radius 2 is 1.86 bits per heavy atom. The maximum absolute atomic E-state index is 9.17. The van der Waals surface area contributed by atoms with Crippen molar-refractivity contribution in [2.24, 2.45) is 5.92 Å². The van der Waals surface area contributed by atoms with Gasteiger partial charge in [-0.25, -0.2) is 0 Å². The van der Waals surface area contributed by atoms with Crippen molar-refractivity contribution in [2.75, 3.05) is 0 Å². The van der Waals surface area contributed by atoms with Gasteiger partial charge in [-0.05, 0) is 35.6 Å². The second kappa shape index (κ2) is 4.85. The molecule has 0 bridgehead atoms. The van der Waals surface area contributed by atoms with E-state index in [1.807, 2.05) is 12.1 Å². The Hall–Kier alpha value is -1.24. The Kier molecular flexibility index (Phi) is 3.75. The van der Waals surface area contributed by atoms with Gasteiger partial charge < -0.3 is 5.11 Å². The summed E-state index contributed by atoms with van der Waals surface area (Å²) in [5.41, 5.74) is 2.55. The molecule has 0 heterocycles. The lowest BCUT2D eigenvalue weighted by Gasteiger charge is -2.07. The lowest BCUT2D eigenvalue weighted by atomic mass is 9.99. The predicted molar refractivity (Wildman–Crippen MR) is 61.2 cm³/mol. The van der Waals surface area contributed by atoms with Gasteiger partial charge in [-0.1, -0.05) is 39.0 Å². The topological polar surface area (TPSA) is 20.2 Å². The Bertz CT molecular complexity index is 307. The first-order chi connectivity index (χ1) is 6.63. The first-order valence-electron chi connectivity index (χ1n) is 5.13. The van der Waals surface area contributed by atoms with Crippen LogP contribution in [0.3, 0.4) is 0 Å².